The second-order valence-electron chi connectivity index (χ2n) is 3.14. The van der Waals surface area contributed by atoms with E-state index in [-0.39, 0.29) is 12.6 Å². The van der Waals surface area contributed by atoms with Crippen LogP contribution in [0.15, 0.2) is 30.9 Å². The fourth-order valence-electron chi connectivity index (χ4n) is 0.956. The lowest BCUT2D eigenvalue weighted by Gasteiger charge is -1.99. The monoisotopic (exact) mass is 223 g/mol. The Hall–Kier alpha value is -1.81. The zero-order valence-electron chi connectivity index (χ0n) is 9.53. The van der Waals surface area contributed by atoms with Crippen LogP contribution in [-0.4, -0.2) is 22.9 Å². The normalized spacial score (nSPS) is 8.69. The van der Waals surface area contributed by atoms with E-state index in [2.05, 4.69) is 11.9 Å². The molecule has 0 aliphatic rings. The van der Waals surface area contributed by atoms with Gasteiger partial charge in [0.2, 0.25) is 5.91 Å². The highest BCUT2D eigenvalue weighted by Gasteiger charge is 1.95. The Morgan fingerprint density at radius 2 is 1.94 bits per heavy atom. The first-order chi connectivity index (χ1) is 7.52. The van der Waals surface area contributed by atoms with E-state index in [0.717, 1.165) is 17.2 Å². The van der Waals surface area contributed by atoms with Gasteiger partial charge in [-0.3, -0.25) is 4.79 Å². The van der Waals surface area contributed by atoms with E-state index in [1.54, 1.807) is 0 Å². The Morgan fingerprint density at radius 3 is 2.19 bits per heavy atom. The molecule has 0 fully saturated rings. The number of rotatable bonds is 2. The van der Waals surface area contributed by atoms with Crippen molar-refractivity contribution in [1.29, 1.82) is 0 Å². The number of aliphatic hydroxyl groups excluding tert-OH is 1. The van der Waals surface area contributed by atoms with Crippen molar-refractivity contribution in [2.24, 2.45) is 0 Å². The Morgan fingerprint density at radius 1 is 1.44 bits per heavy atom. The molecule has 0 aromatic heterocycles. The molecule has 16 heavy (non-hydrogen) atoms. The van der Waals surface area contributed by atoms with E-state index in [9.17, 15) is 9.90 Å². The average Bonchev–Trinajstić information content (AvgIpc) is 2.27. The van der Waals surface area contributed by atoms with Crippen LogP contribution in [-0.2, 0) is 4.79 Å². The van der Waals surface area contributed by atoms with E-state index in [1.807, 2.05) is 32.0 Å². The predicted molar refractivity (Wildman–Crippen MR) is 63.0 cm³/mol. The zero-order valence-corrected chi connectivity index (χ0v) is 9.53. The quantitative estimate of drug-likeness (QED) is 0.522. The van der Waals surface area contributed by atoms with Crippen LogP contribution in [0.1, 0.15) is 11.1 Å². The average molecular weight is 223 g/mol. The number of nitrogens with one attached hydrogen (secondary N) is 1. The molecule has 88 valence electrons. The van der Waals surface area contributed by atoms with Crippen molar-refractivity contribution >= 4 is 5.91 Å². The highest BCUT2D eigenvalue weighted by Crippen LogP contribution is 2.19. The Labute approximate surface area is 95.2 Å². The van der Waals surface area contributed by atoms with Crippen LogP contribution in [0.5, 0.6) is 5.75 Å². The molecule has 0 spiro atoms. The fourth-order valence-corrected chi connectivity index (χ4v) is 0.956. The van der Waals surface area contributed by atoms with Crippen molar-refractivity contribution in [2.45, 2.75) is 13.8 Å². The summed E-state index contributed by atoms with van der Waals surface area (Å²) in [6.07, 6.45) is 1.09. The van der Waals surface area contributed by atoms with E-state index in [0.29, 0.717) is 5.75 Å². The van der Waals surface area contributed by atoms with Gasteiger partial charge in [0.15, 0.2) is 0 Å². The minimum Gasteiger partial charge on any atom is -0.507 e. The maximum Gasteiger partial charge on any atom is 0.245 e. The largest absolute Gasteiger partial charge is 0.507 e. The molecule has 0 bridgehead atoms. The third-order valence-electron chi connectivity index (χ3n) is 1.88. The van der Waals surface area contributed by atoms with Gasteiger partial charge >= 0.3 is 0 Å². The van der Waals surface area contributed by atoms with Crippen molar-refractivity contribution in [2.75, 3.05) is 6.73 Å². The minimum atomic E-state index is -0.359. The van der Waals surface area contributed by atoms with Gasteiger partial charge in [-0.15, -0.1) is 0 Å². The molecule has 0 radical (unpaired) electrons. The second kappa shape index (κ2) is 7.48. The molecule has 0 aliphatic heterocycles. The third-order valence-corrected chi connectivity index (χ3v) is 1.88. The molecule has 0 saturated carbocycles. The summed E-state index contributed by atoms with van der Waals surface area (Å²) in [5.74, 6) is 0.0556. The third kappa shape index (κ3) is 5.17. The van der Waals surface area contributed by atoms with Crippen molar-refractivity contribution in [3.63, 3.8) is 0 Å². The molecular formula is C12H17NO3. The van der Waals surface area contributed by atoms with Crippen LogP contribution in [0, 0.1) is 13.8 Å². The lowest BCUT2D eigenvalue weighted by Crippen LogP contribution is -2.20. The number of amides is 1. The summed E-state index contributed by atoms with van der Waals surface area (Å²) in [7, 11) is 0. The van der Waals surface area contributed by atoms with Crippen molar-refractivity contribution < 1.29 is 15.0 Å². The Balaban J connectivity index is 0.000000293. The number of hydrogen-bond acceptors (Lipinski definition) is 3. The molecule has 1 amide bonds. The molecule has 0 saturated heterocycles. The van der Waals surface area contributed by atoms with E-state index in [4.69, 9.17) is 5.11 Å². The maximum atomic E-state index is 10.0. The topological polar surface area (TPSA) is 69.6 Å². The molecule has 0 unspecified atom stereocenters. The van der Waals surface area contributed by atoms with Gasteiger partial charge in [-0.2, -0.15) is 0 Å². The fraction of sp³-hybridized carbons (Fsp3) is 0.250. The van der Waals surface area contributed by atoms with Gasteiger partial charge in [-0.05, 0) is 31.1 Å². The number of aryl methyl sites for hydroxylation is 2. The molecule has 4 heteroatoms. The number of carbonyl (C=O) groups is 1. The van der Waals surface area contributed by atoms with Crippen LogP contribution >= 0.6 is 0 Å². The summed E-state index contributed by atoms with van der Waals surface area (Å²) in [6, 6.07) is 5.72. The summed E-state index contributed by atoms with van der Waals surface area (Å²) in [4.78, 5) is 10.0. The number of aliphatic hydroxyl groups is 1. The van der Waals surface area contributed by atoms with Crippen molar-refractivity contribution in [3.05, 3.63) is 42.0 Å². The number of phenols is 1. The number of aromatic hydroxyl groups is 1. The minimum absolute atomic E-state index is 0.329. The van der Waals surface area contributed by atoms with Gasteiger partial charge < -0.3 is 15.5 Å². The van der Waals surface area contributed by atoms with Crippen LogP contribution in [0.4, 0.5) is 0 Å². The highest BCUT2D eigenvalue weighted by molar-refractivity contribution is 5.86. The van der Waals surface area contributed by atoms with Crippen LogP contribution < -0.4 is 5.32 Å². The number of carbonyl (C=O) groups excluding carboxylic acids is 1. The van der Waals surface area contributed by atoms with Gasteiger partial charge in [-0.25, -0.2) is 0 Å². The molecule has 3 N–H and O–H groups in total. The molecule has 0 atom stereocenters. The summed E-state index contributed by atoms with van der Waals surface area (Å²) < 4.78 is 0. The van der Waals surface area contributed by atoms with E-state index >= 15 is 0 Å². The molecule has 1 aromatic rings. The summed E-state index contributed by atoms with van der Waals surface area (Å²) in [5, 5.41) is 19.3. The van der Waals surface area contributed by atoms with Crippen molar-refractivity contribution in [1.82, 2.24) is 5.32 Å². The first kappa shape index (κ1) is 14.2. The Bertz CT molecular complexity index is 341. The van der Waals surface area contributed by atoms with Crippen LogP contribution in [0.3, 0.4) is 0 Å². The first-order valence-corrected chi connectivity index (χ1v) is 4.79. The summed E-state index contributed by atoms with van der Waals surface area (Å²) in [6.45, 7) is 6.61. The summed E-state index contributed by atoms with van der Waals surface area (Å²) >= 11 is 0. The smallest absolute Gasteiger partial charge is 0.245 e. The highest BCUT2D eigenvalue weighted by atomic mass is 16.3. The SMILES string of the molecule is C=CC(=O)NCO.Cc1cccc(C)c1O. The lowest BCUT2D eigenvalue weighted by atomic mass is 10.1. The van der Waals surface area contributed by atoms with Gasteiger partial charge in [0.1, 0.15) is 12.5 Å². The van der Waals surface area contributed by atoms with E-state index < -0.39 is 0 Å². The van der Waals surface area contributed by atoms with Crippen LogP contribution in [0.25, 0.3) is 0 Å². The van der Waals surface area contributed by atoms with Crippen molar-refractivity contribution in [3.8, 4) is 5.75 Å². The molecule has 4 nitrogen and oxygen atoms in total. The van der Waals surface area contributed by atoms with Gasteiger partial charge in [0, 0.05) is 0 Å². The standard InChI is InChI=1S/C8H10O.C4H7NO2/c1-6-4-3-5-7(2)8(6)9;1-2-4(7)5-3-6/h3-5,9H,1-2H3;2,6H,1,3H2,(H,5,7). The maximum absolute atomic E-state index is 10.0. The number of benzene rings is 1. The predicted octanol–water partition coefficient (Wildman–Crippen LogP) is 1.25. The molecular weight excluding hydrogens is 206 g/mol. The summed E-state index contributed by atoms with van der Waals surface area (Å²) in [5.41, 5.74) is 1.88. The number of phenolic OH excluding ortho intramolecular Hbond substituents is 1. The lowest BCUT2D eigenvalue weighted by molar-refractivity contribution is -0.117. The van der Waals surface area contributed by atoms with E-state index in [1.165, 1.54) is 0 Å². The number of hydrogen-bond donors (Lipinski definition) is 3. The van der Waals surface area contributed by atoms with Crippen LogP contribution in [0.2, 0.25) is 0 Å². The first-order valence-electron chi connectivity index (χ1n) is 4.79. The molecule has 0 heterocycles. The zero-order chi connectivity index (χ0) is 12.6. The molecule has 1 rings (SSSR count). The van der Waals surface area contributed by atoms with Gasteiger partial charge in [-0.1, -0.05) is 24.8 Å². The molecule has 1 aromatic carbocycles. The second-order valence-corrected chi connectivity index (χ2v) is 3.14. The number of para-hydroxylation sites is 1. The van der Waals surface area contributed by atoms with Gasteiger partial charge in [0.05, 0.1) is 0 Å². The van der Waals surface area contributed by atoms with Gasteiger partial charge in [0.25, 0.3) is 0 Å². The Kier molecular flexibility index (Phi) is 6.63. The molecule has 0 aliphatic carbocycles.